The van der Waals surface area contributed by atoms with Crippen molar-refractivity contribution in [3.05, 3.63) is 23.2 Å². The molecule has 0 bridgehead atoms. The van der Waals surface area contributed by atoms with Gasteiger partial charge in [0.25, 0.3) is 0 Å². The quantitative estimate of drug-likeness (QED) is 0.807. The van der Waals surface area contributed by atoms with Crippen LogP contribution in [0.5, 0.6) is 5.75 Å². The second kappa shape index (κ2) is 8.50. The summed E-state index contributed by atoms with van der Waals surface area (Å²) >= 11 is 6.27. The lowest BCUT2D eigenvalue weighted by atomic mass is 10.0. The standard InChI is InChI=1S/C17H27ClN2O/c1-3-9-20-10-7-14(8-11-20)19-15-5-6-17(16(18)13-15)21-12-4-2/h5-6,13-14,19H,3-4,7-12H2,1-2H3. The van der Waals surface area contributed by atoms with E-state index in [4.69, 9.17) is 16.3 Å². The zero-order valence-corrected chi connectivity index (χ0v) is 14.0. The summed E-state index contributed by atoms with van der Waals surface area (Å²) in [4.78, 5) is 2.55. The van der Waals surface area contributed by atoms with Gasteiger partial charge in [0.05, 0.1) is 11.6 Å². The molecule has 1 aliphatic rings. The number of rotatable bonds is 7. The second-order valence-corrected chi connectivity index (χ2v) is 6.16. The molecule has 0 saturated carbocycles. The third-order valence-corrected chi connectivity index (χ3v) is 4.19. The fourth-order valence-corrected chi connectivity index (χ4v) is 3.01. The summed E-state index contributed by atoms with van der Waals surface area (Å²) in [6.45, 7) is 8.65. The summed E-state index contributed by atoms with van der Waals surface area (Å²) in [5.41, 5.74) is 1.10. The van der Waals surface area contributed by atoms with Crippen molar-refractivity contribution >= 4 is 17.3 Å². The largest absolute Gasteiger partial charge is 0.492 e. The summed E-state index contributed by atoms with van der Waals surface area (Å²) in [5.74, 6) is 0.779. The first-order valence-electron chi connectivity index (χ1n) is 8.14. The number of anilines is 1. The van der Waals surface area contributed by atoms with Gasteiger partial charge in [-0.1, -0.05) is 25.4 Å². The molecule has 1 fully saturated rings. The molecule has 1 saturated heterocycles. The van der Waals surface area contributed by atoms with Crippen molar-refractivity contribution in [1.29, 1.82) is 0 Å². The Morgan fingerprint density at radius 1 is 1.24 bits per heavy atom. The predicted molar refractivity (Wildman–Crippen MR) is 90.6 cm³/mol. The number of likely N-dealkylation sites (tertiary alicyclic amines) is 1. The third kappa shape index (κ3) is 5.08. The molecule has 2 rings (SSSR count). The molecule has 0 spiro atoms. The molecular formula is C17H27ClN2O. The molecule has 0 unspecified atom stereocenters. The minimum atomic E-state index is 0.552. The molecule has 1 aromatic carbocycles. The summed E-state index contributed by atoms with van der Waals surface area (Å²) in [6, 6.07) is 6.56. The first-order chi connectivity index (χ1) is 10.2. The Morgan fingerprint density at radius 2 is 2.00 bits per heavy atom. The summed E-state index contributed by atoms with van der Waals surface area (Å²) in [5, 5.41) is 4.29. The zero-order valence-electron chi connectivity index (χ0n) is 13.2. The van der Waals surface area contributed by atoms with Gasteiger partial charge in [-0.25, -0.2) is 0 Å². The van der Waals surface area contributed by atoms with E-state index in [0.717, 1.165) is 17.9 Å². The monoisotopic (exact) mass is 310 g/mol. The molecule has 4 heteroatoms. The molecule has 1 aliphatic heterocycles. The maximum Gasteiger partial charge on any atom is 0.138 e. The first-order valence-corrected chi connectivity index (χ1v) is 8.52. The number of ether oxygens (including phenoxy) is 1. The number of hydrogen-bond donors (Lipinski definition) is 1. The molecule has 1 heterocycles. The molecule has 0 radical (unpaired) electrons. The molecule has 3 nitrogen and oxygen atoms in total. The lowest BCUT2D eigenvalue weighted by Gasteiger charge is -2.32. The lowest BCUT2D eigenvalue weighted by Crippen LogP contribution is -2.39. The van der Waals surface area contributed by atoms with Gasteiger partial charge in [-0.15, -0.1) is 0 Å². The second-order valence-electron chi connectivity index (χ2n) is 5.75. The molecule has 118 valence electrons. The third-order valence-electron chi connectivity index (χ3n) is 3.89. The van der Waals surface area contributed by atoms with Gasteiger partial charge in [0.2, 0.25) is 0 Å². The van der Waals surface area contributed by atoms with Gasteiger partial charge in [0, 0.05) is 24.8 Å². The first kappa shape index (κ1) is 16.4. The normalized spacial score (nSPS) is 16.9. The smallest absolute Gasteiger partial charge is 0.138 e. The van der Waals surface area contributed by atoms with E-state index in [1.165, 1.54) is 38.9 Å². The highest BCUT2D eigenvalue weighted by Gasteiger charge is 2.18. The Kier molecular flexibility index (Phi) is 6.65. The van der Waals surface area contributed by atoms with Crippen molar-refractivity contribution < 1.29 is 4.74 Å². The number of halogens is 1. The Labute approximate surface area is 133 Å². The van der Waals surface area contributed by atoms with Crippen LogP contribution in [0.1, 0.15) is 39.5 Å². The van der Waals surface area contributed by atoms with E-state index in [0.29, 0.717) is 17.7 Å². The van der Waals surface area contributed by atoms with Crippen LogP contribution in [0, 0.1) is 0 Å². The maximum absolute atomic E-state index is 6.27. The van der Waals surface area contributed by atoms with E-state index in [1.807, 2.05) is 12.1 Å². The van der Waals surface area contributed by atoms with Gasteiger partial charge in [-0.3, -0.25) is 0 Å². The highest BCUT2D eigenvalue weighted by Crippen LogP contribution is 2.28. The highest BCUT2D eigenvalue weighted by molar-refractivity contribution is 6.32. The average molecular weight is 311 g/mol. The Morgan fingerprint density at radius 3 is 2.62 bits per heavy atom. The van der Waals surface area contributed by atoms with Gasteiger partial charge in [0.15, 0.2) is 0 Å². The molecule has 0 amide bonds. The molecular weight excluding hydrogens is 284 g/mol. The topological polar surface area (TPSA) is 24.5 Å². The Balaban J connectivity index is 1.85. The lowest BCUT2D eigenvalue weighted by molar-refractivity contribution is 0.219. The molecule has 1 N–H and O–H groups in total. The average Bonchev–Trinajstić information content (AvgIpc) is 2.49. The molecule has 0 atom stereocenters. The number of benzene rings is 1. The molecule has 0 aromatic heterocycles. The van der Waals surface area contributed by atoms with E-state index < -0.39 is 0 Å². The van der Waals surface area contributed by atoms with Gasteiger partial charge < -0.3 is 15.0 Å². The van der Waals surface area contributed by atoms with Crippen LogP contribution >= 0.6 is 11.6 Å². The van der Waals surface area contributed by atoms with Crippen molar-refractivity contribution in [3.63, 3.8) is 0 Å². The van der Waals surface area contributed by atoms with Gasteiger partial charge >= 0.3 is 0 Å². The van der Waals surface area contributed by atoms with Crippen LogP contribution in [-0.4, -0.2) is 37.2 Å². The minimum absolute atomic E-state index is 0.552. The van der Waals surface area contributed by atoms with Gasteiger partial charge in [-0.2, -0.15) is 0 Å². The van der Waals surface area contributed by atoms with Crippen LogP contribution in [0.25, 0.3) is 0 Å². The van der Waals surface area contributed by atoms with E-state index in [1.54, 1.807) is 0 Å². The van der Waals surface area contributed by atoms with Crippen molar-refractivity contribution in [3.8, 4) is 5.75 Å². The summed E-state index contributed by atoms with van der Waals surface area (Å²) in [6.07, 6.45) is 4.64. The maximum atomic E-state index is 6.27. The fraction of sp³-hybridized carbons (Fsp3) is 0.647. The SMILES string of the molecule is CCCOc1ccc(NC2CCN(CCC)CC2)cc1Cl. The number of hydrogen-bond acceptors (Lipinski definition) is 3. The van der Waals surface area contributed by atoms with E-state index in [-0.39, 0.29) is 0 Å². The van der Waals surface area contributed by atoms with Crippen LogP contribution in [0.3, 0.4) is 0 Å². The number of nitrogens with one attached hydrogen (secondary N) is 1. The van der Waals surface area contributed by atoms with Gasteiger partial charge in [0.1, 0.15) is 5.75 Å². The minimum Gasteiger partial charge on any atom is -0.492 e. The number of nitrogens with zero attached hydrogens (tertiary/aromatic N) is 1. The molecule has 0 aliphatic carbocycles. The van der Waals surface area contributed by atoms with Crippen LogP contribution < -0.4 is 10.1 Å². The number of piperidine rings is 1. The van der Waals surface area contributed by atoms with E-state index >= 15 is 0 Å². The fourth-order valence-electron chi connectivity index (χ4n) is 2.77. The van der Waals surface area contributed by atoms with Crippen LogP contribution in [-0.2, 0) is 0 Å². The van der Waals surface area contributed by atoms with Crippen molar-refractivity contribution in [2.45, 2.75) is 45.6 Å². The van der Waals surface area contributed by atoms with Gasteiger partial charge in [-0.05, 0) is 50.4 Å². The van der Waals surface area contributed by atoms with E-state index in [2.05, 4.69) is 30.1 Å². The Bertz CT molecular complexity index is 431. The van der Waals surface area contributed by atoms with Crippen molar-refractivity contribution in [2.24, 2.45) is 0 Å². The van der Waals surface area contributed by atoms with Crippen molar-refractivity contribution in [1.82, 2.24) is 4.90 Å². The van der Waals surface area contributed by atoms with Crippen molar-refractivity contribution in [2.75, 3.05) is 31.6 Å². The molecule has 21 heavy (non-hydrogen) atoms. The Hall–Kier alpha value is -0.930. The van der Waals surface area contributed by atoms with Crippen LogP contribution in [0.15, 0.2) is 18.2 Å². The van der Waals surface area contributed by atoms with Crippen LogP contribution in [0.2, 0.25) is 5.02 Å². The highest BCUT2D eigenvalue weighted by atomic mass is 35.5. The summed E-state index contributed by atoms with van der Waals surface area (Å²) < 4.78 is 5.61. The molecule has 1 aromatic rings. The summed E-state index contributed by atoms with van der Waals surface area (Å²) in [7, 11) is 0. The van der Waals surface area contributed by atoms with Crippen LogP contribution in [0.4, 0.5) is 5.69 Å². The zero-order chi connectivity index (χ0) is 15.1. The van der Waals surface area contributed by atoms with E-state index in [9.17, 15) is 0 Å². The predicted octanol–water partition coefficient (Wildman–Crippen LogP) is 4.42.